The lowest BCUT2D eigenvalue weighted by Crippen LogP contribution is -2.47. The van der Waals surface area contributed by atoms with Crippen LogP contribution in [0.25, 0.3) is 0 Å². The van der Waals surface area contributed by atoms with Crippen molar-refractivity contribution in [2.75, 3.05) is 19.0 Å². The van der Waals surface area contributed by atoms with Gasteiger partial charge < -0.3 is 10.3 Å². The van der Waals surface area contributed by atoms with Gasteiger partial charge in [-0.3, -0.25) is 19.1 Å². The number of amides is 2. The molecular weight excluding hydrogens is 436 g/mol. The SMILES string of the molecule is O=NN(CCCl)C(=O)NCCC(n1cc(F)c(=O)[nH]c1=O)n1c(=O)[nH]cc(F)c1=O. The molecule has 3 N–H and O–H groups in total. The van der Waals surface area contributed by atoms with E-state index in [2.05, 4.69) is 10.6 Å². The molecule has 0 saturated carbocycles. The highest BCUT2D eigenvalue weighted by atomic mass is 35.5. The van der Waals surface area contributed by atoms with Crippen LogP contribution in [0, 0.1) is 16.5 Å². The van der Waals surface area contributed by atoms with Crippen LogP contribution in [0.5, 0.6) is 0 Å². The lowest BCUT2D eigenvalue weighted by atomic mass is 10.3. The largest absolute Gasteiger partial charge is 0.340 e. The minimum atomic E-state index is -1.65. The van der Waals surface area contributed by atoms with Crippen LogP contribution in [-0.4, -0.2) is 49.1 Å². The number of hydrogen-bond donors (Lipinski definition) is 3. The Bertz CT molecular complexity index is 1170. The molecule has 0 saturated heterocycles. The first-order valence-electron chi connectivity index (χ1n) is 8.16. The van der Waals surface area contributed by atoms with Crippen molar-refractivity contribution >= 4 is 17.6 Å². The molecule has 13 nitrogen and oxygen atoms in total. The first-order valence-corrected chi connectivity index (χ1v) is 8.70. The Kier molecular flexibility index (Phi) is 7.35. The van der Waals surface area contributed by atoms with Crippen molar-refractivity contribution in [1.29, 1.82) is 0 Å². The van der Waals surface area contributed by atoms with Gasteiger partial charge in [0.25, 0.3) is 11.1 Å². The van der Waals surface area contributed by atoms with Crippen molar-refractivity contribution in [1.82, 2.24) is 29.4 Å². The van der Waals surface area contributed by atoms with Crippen LogP contribution >= 0.6 is 11.6 Å². The van der Waals surface area contributed by atoms with E-state index in [9.17, 15) is 37.7 Å². The number of carbonyl (C=O) groups excluding carboxylic acids is 1. The van der Waals surface area contributed by atoms with Gasteiger partial charge in [0, 0.05) is 25.0 Å². The number of nitroso groups, excluding NO2 is 1. The number of nitrogens with zero attached hydrogens (tertiary/aromatic N) is 4. The lowest BCUT2D eigenvalue weighted by molar-refractivity contribution is 0.201. The molecule has 2 amide bonds. The highest BCUT2D eigenvalue weighted by Gasteiger charge is 2.23. The fourth-order valence-electron chi connectivity index (χ4n) is 2.47. The van der Waals surface area contributed by atoms with Crippen LogP contribution < -0.4 is 27.8 Å². The Morgan fingerprint density at radius 2 is 1.93 bits per heavy atom. The van der Waals surface area contributed by atoms with Crippen LogP contribution in [0.2, 0.25) is 0 Å². The summed E-state index contributed by atoms with van der Waals surface area (Å²) in [6.07, 6.45) is -1.16. The normalized spacial score (nSPS) is 11.7. The van der Waals surface area contributed by atoms with E-state index in [1.807, 2.05) is 4.98 Å². The molecule has 30 heavy (non-hydrogen) atoms. The van der Waals surface area contributed by atoms with Crippen LogP contribution in [-0.2, 0) is 0 Å². The standard InChI is InChI=1S/C14H14ClF2N7O6/c15-2-4-23(21-30)12(27)18-3-1-9(22-6-8(17)10(25)20-14(22)29)24-11(26)7(16)5-19-13(24)28/h5-6,9H,1-4H2,(H,18,27)(H,19,28)(H,20,25,29). The van der Waals surface area contributed by atoms with Gasteiger partial charge in [-0.2, -0.15) is 13.8 Å². The number of alkyl halides is 1. The average molecular weight is 450 g/mol. The van der Waals surface area contributed by atoms with E-state index in [4.69, 9.17) is 11.6 Å². The van der Waals surface area contributed by atoms with Gasteiger partial charge in [-0.1, -0.05) is 0 Å². The maximum absolute atomic E-state index is 13.7. The summed E-state index contributed by atoms with van der Waals surface area (Å²) in [4.78, 5) is 73.6. The zero-order chi connectivity index (χ0) is 22.4. The molecule has 0 aromatic carbocycles. The Labute approximate surface area is 168 Å². The highest BCUT2D eigenvalue weighted by molar-refractivity contribution is 6.18. The van der Waals surface area contributed by atoms with E-state index >= 15 is 0 Å². The third kappa shape index (κ3) is 4.86. The molecule has 0 spiro atoms. The zero-order valence-electron chi connectivity index (χ0n) is 14.9. The van der Waals surface area contributed by atoms with Crippen molar-refractivity contribution in [2.45, 2.75) is 12.6 Å². The van der Waals surface area contributed by atoms with Gasteiger partial charge in [0.2, 0.25) is 11.6 Å². The number of rotatable bonds is 8. The minimum Gasteiger partial charge on any atom is -0.336 e. The molecular formula is C14H14ClF2N7O6. The maximum Gasteiger partial charge on any atom is 0.340 e. The van der Waals surface area contributed by atoms with E-state index in [0.717, 1.165) is 0 Å². The minimum absolute atomic E-state index is 0.0953. The summed E-state index contributed by atoms with van der Waals surface area (Å²) in [5.74, 6) is -2.88. The Morgan fingerprint density at radius 3 is 2.57 bits per heavy atom. The molecule has 2 aromatic rings. The van der Waals surface area contributed by atoms with E-state index in [-0.39, 0.29) is 23.5 Å². The molecule has 2 rings (SSSR count). The van der Waals surface area contributed by atoms with Crippen molar-refractivity contribution in [2.24, 2.45) is 5.29 Å². The Hall–Kier alpha value is -3.62. The van der Waals surface area contributed by atoms with E-state index < -0.39 is 52.8 Å². The van der Waals surface area contributed by atoms with Crippen LogP contribution in [0.4, 0.5) is 13.6 Å². The number of aromatic nitrogens is 4. The number of hydrogen-bond acceptors (Lipinski definition) is 7. The number of H-pyrrole nitrogens is 2. The predicted octanol–water partition coefficient (Wildman–Crippen LogP) is -0.966. The second-order valence-electron chi connectivity index (χ2n) is 5.66. The molecule has 0 fully saturated rings. The fourth-order valence-corrected chi connectivity index (χ4v) is 2.63. The van der Waals surface area contributed by atoms with Crippen LogP contribution in [0.15, 0.2) is 36.9 Å². The summed E-state index contributed by atoms with van der Waals surface area (Å²) >= 11 is 5.42. The van der Waals surface area contributed by atoms with Crippen molar-refractivity contribution in [3.05, 3.63) is 70.6 Å². The second kappa shape index (κ2) is 9.73. The second-order valence-corrected chi connectivity index (χ2v) is 6.03. The number of urea groups is 1. The molecule has 1 atom stereocenters. The third-order valence-electron chi connectivity index (χ3n) is 3.82. The summed E-state index contributed by atoms with van der Waals surface area (Å²) in [7, 11) is 0. The molecule has 0 bridgehead atoms. The summed E-state index contributed by atoms with van der Waals surface area (Å²) in [5.41, 5.74) is -5.13. The number of nitrogens with one attached hydrogen (secondary N) is 3. The van der Waals surface area contributed by atoms with Gasteiger partial charge >= 0.3 is 17.4 Å². The maximum atomic E-state index is 13.7. The van der Waals surface area contributed by atoms with E-state index in [1.54, 1.807) is 4.98 Å². The number of carbonyl (C=O) groups is 1. The molecule has 0 radical (unpaired) electrons. The molecule has 0 aliphatic carbocycles. The van der Waals surface area contributed by atoms with Gasteiger partial charge in [-0.05, 0) is 0 Å². The number of aromatic amines is 2. The topological polar surface area (TPSA) is 171 Å². The zero-order valence-corrected chi connectivity index (χ0v) is 15.7. The molecule has 1 unspecified atom stereocenters. The summed E-state index contributed by atoms with van der Waals surface area (Å²) in [6.45, 7) is -0.596. The van der Waals surface area contributed by atoms with Crippen molar-refractivity contribution in [3.8, 4) is 0 Å². The van der Waals surface area contributed by atoms with E-state index in [1.165, 1.54) is 0 Å². The first kappa shape index (κ1) is 22.7. The molecule has 16 heteroatoms. The molecule has 2 heterocycles. The number of halogens is 3. The smallest absolute Gasteiger partial charge is 0.336 e. The van der Waals surface area contributed by atoms with Gasteiger partial charge in [-0.25, -0.2) is 19.0 Å². The van der Waals surface area contributed by atoms with Gasteiger partial charge in [-0.15, -0.1) is 16.5 Å². The van der Waals surface area contributed by atoms with Crippen LogP contribution in [0.1, 0.15) is 12.6 Å². The van der Waals surface area contributed by atoms with Crippen LogP contribution in [0.3, 0.4) is 0 Å². The highest BCUT2D eigenvalue weighted by Crippen LogP contribution is 2.08. The lowest BCUT2D eigenvalue weighted by Gasteiger charge is -2.21. The summed E-state index contributed by atoms with van der Waals surface area (Å²) in [5, 5.41) is 5.12. The molecule has 162 valence electrons. The molecule has 0 aliphatic heterocycles. The molecule has 0 aliphatic rings. The molecule has 2 aromatic heterocycles. The average Bonchev–Trinajstić information content (AvgIpc) is 2.70. The first-order chi connectivity index (χ1) is 14.2. The van der Waals surface area contributed by atoms with E-state index in [0.29, 0.717) is 22.0 Å². The summed E-state index contributed by atoms with van der Waals surface area (Å²) < 4.78 is 28.2. The van der Waals surface area contributed by atoms with Gasteiger partial charge in [0.1, 0.15) is 6.17 Å². The fraction of sp³-hybridized carbons (Fsp3) is 0.357. The predicted molar refractivity (Wildman–Crippen MR) is 98.2 cm³/mol. The summed E-state index contributed by atoms with van der Waals surface area (Å²) in [6, 6.07) is -0.982. The van der Waals surface area contributed by atoms with Crippen molar-refractivity contribution < 1.29 is 13.6 Å². The van der Waals surface area contributed by atoms with Gasteiger partial charge in [0.05, 0.1) is 18.0 Å². The quantitative estimate of drug-likeness (QED) is 0.266. The van der Waals surface area contributed by atoms with Crippen molar-refractivity contribution in [3.63, 3.8) is 0 Å². The monoisotopic (exact) mass is 449 g/mol. The Morgan fingerprint density at radius 1 is 1.23 bits per heavy atom. The van der Waals surface area contributed by atoms with Gasteiger partial charge in [0.15, 0.2) is 0 Å². The Balaban J connectivity index is 2.44. The third-order valence-corrected chi connectivity index (χ3v) is 3.98.